The van der Waals surface area contributed by atoms with E-state index in [2.05, 4.69) is 44.8 Å². The topological polar surface area (TPSA) is 12.0 Å². The van der Waals surface area contributed by atoms with Gasteiger partial charge in [0, 0.05) is 17.0 Å². The van der Waals surface area contributed by atoms with Gasteiger partial charge in [-0.1, -0.05) is 59.8 Å². The van der Waals surface area contributed by atoms with Crippen LogP contribution in [-0.2, 0) is 0 Å². The smallest absolute Gasteiger partial charge is 0.0158 e. The van der Waals surface area contributed by atoms with Crippen molar-refractivity contribution in [2.45, 2.75) is 83.9 Å². The summed E-state index contributed by atoms with van der Waals surface area (Å²) in [5.41, 5.74) is 0. The molecule has 2 atom stereocenters. The molecule has 0 aromatic heterocycles. The average Bonchev–Trinajstić information content (AvgIpc) is 2.35. The number of hydrogen-bond acceptors (Lipinski definition) is 2. The molecule has 0 radical (unpaired) electrons. The largest absolute Gasteiger partial charge is 0.313 e. The lowest BCUT2D eigenvalue weighted by molar-refractivity contribution is 0.496. The zero-order valence-electron chi connectivity index (χ0n) is 12.4. The Labute approximate surface area is 114 Å². The molecule has 17 heavy (non-hydrogen) atoms. The third-order valence-electron chi connectivity index (χ3n) is 3.31. The highest BCUT2D eigenvalue weighted by Gasteiger charge is 2.09. The minimum atomic E-state index is 0.737. The van der Waals surface area contributed by atoms with Crippen molar-refractivity contribution in [2.24, 2.45) is 0 Å². The van der Waals surface area contributed by atoms with Gasteiger partial charge in [0.15, 0.2) is 0 Å². The zero-order valence-corrected chi connectivity index (χ0v) is 13.2. The van der Waals surface area contributed by atoms with E-state index in [9.17, 15) is 0 Å². The summed E-state index contributed by atoms with van der Waals surface area (Å²) in [5.74, 6) is 1.29. The Morgan fingerprint density at radius 1 is 1.00 bits per heavy atom. The van der Waals surface area contributed by atoms with Crippen molar-refractivity contribution >= 4 is 11.8 Å². The summed E-state index contributed by atoms with van der Waals surface area (Å²) in [6, 6.07) is 0.737. The Morgan fingerprint density at radius 2 is 1.71 bits per heavy atom. The second-order valence-electron chi connectivity index (χ2n) is 5.01. The van der Waals surface area contributed by atoms with E-state index in [1.807, 2.05) is 0 Å². The maximum absolute atomic E-state index is 3.63. The van der Waals surface area contributed by atoms with Crippen LogP contribution in [0.2, 0.25) is 0 Å². The van der Waals surface area contributed by atoms with Crippen molar-refractivity contribution in [2.75, 3.05) is 12.3 Å². The fraction of sp³-hybridized carbons (Fsp3) is 1.00. The summed E-state index contributed by atoms with van der Waals surface area (Å²) in [6.45, 7) is 10.2. The maximum atomic E-state index is 3.63. The van der Waals surface area contributed by atoms with E-state index in [1.54, 1.807) is 0 Å². The summed E-state index contributed by atoms with van der Waals surface area (Å²) in [5, 5.41) is 4.45. The lowest BCUT2D eigenvalue weighted by Crippen LogP contribution is -2.31. The molecule has 0 spiro atoms. The molecule has 2 unspecified atom stereocenters. The summed E-state index contributed by atoms with van der Waals surface area (Å²) in [7, 11) is 0. The Morgan fingerprint density at radius 3 is 2.29 bits per heavy atom. The molecule has 2 heteroatoms. The summed E-state index contributed by atoms with van der Waals surface area (Å²) >= 11 is 2.13. The first-order chi connectivity index (χ1) is 8.24. The number of unbranched alkanes of at least 4 members (excludes halogenated alkanes) is 4. The van der Waals surface area contributed by atoms with Gasteiger partial charge < -0.3 is 5.32 Å². The Balaban J connectivity index is 3.59. The van der Waals surface area contributed by atoms with Gasteiger partial charge in [0.05, 0.1) is 0 Å². The van der Waals surface area contributed by atoms with Crippen molar-refractivity contribution in [1.82, 2.24) is 5.32 Å². The summed E-state index contributed by atoms with van der Waals surface area (Å²) in [4.78, 5) is 0. The van der Waals surface area contributed by atoms with E-state index in [-0.39, 0.29) is 0 Å². The SMILES string of the molecule is CCCCCCCC(CSC(C)CC)NCC. The third-order valence-corrected chi connectivity index (χ3v) is 4.80. The van der Waals surface area contributed by atoms with Gasteiger partial charge in [-0.3, -0.25) is 0 Å². The quantitative estimate of drug-likeness (QED) is 0.502. The Hall–Kier alpha value is 0.310. The van der Waals surface area contributed by atoms with E-state index in [0.717, 1.165) is 17.8 Å². The highest BCUT2D eigenvalue weighted by molar-refractivity contribution is 7.99. The van der Waals surface area contributed by atoms with Gasteiger partial charge in [0.25, 0.3) is 0 Å². The Bertz CT molecular complexity index is 150. The molecule has 0 rings (SSSR count). The molecule has 1 nitrogen and oxygen atoms in total. The monoisotopic (exact) mass is 259 g/mol. The van der Waals surface area contributed by atoms with Crippen LogP contribution < -0.4 is 5.32 Å². The second kappa shape index (κ2) is 12.8. The first kappa shape index (κ1) is 17.3. The normalized spacial score (nSPS) is 14.8. The highest BCUT2D eigenvalue weighted by Crippen LogP contribution is 2.17. The van der Waals surface area contributed by atoms with E-state index in [4.69, 9.17) is 0 Å². The van der Waals surface area contributed by atoms with Crippen LogP contribution in [0.25, 0.3) is 0 Å². The van der Waals surface area contributed by atoms with Gasteiger partial charge in [-0.25, -0.2) is 0 Å². The minimum absolute atomic E-state index is 0.737. The van der Waals surface area contributed by atoms with E-state index in [0.29, 0.717) is 0 Å². The van der Waals surface area contributed by atoms with Gasteiger partial charge in [-0.05, 0) is 19.4 Å². The summed E-state index contributed by atoms with van der Waals surface area (Å²) in [6.07, 6.45) is 9.66. The molecule has 0 aliphatic carbocycles. The maximum Gasteiger partial charge on any atom is 0.0158 e. The van der Waals surface area contributed by atoms with Crippen molar-refractivity contribution in [3.05, 3.63) is 0 Å². The van der Waals surface area contributed by atoms with Crippen LogP contribution in [0.5, 0.6) is 0 Å². The van der Waals surface area contributed by atoms with Crippen LogP contribution in [-0.4, -0.2) is 23.6 Å². The van der Waals surface area contributed by atoms with Crippen LogP contribution in [0, 0.1) is 0 Å². The molecule has 0 aliphatic rings. The zero-order chi connectivity index (χ0) is 12.9. The number of nitrogens with one attached hydrogen (secondary N) is 1. The highest BCUT2D eigenvalue weighted by atomic mass is 32.2. The van der Waals surface area contributed by atoms with Gasteiger partial charge in [-0.2, -0.15) is 11.8 Å². The minimum Gasteiger partial charge on any atom is -0.313 e. The van der Waals surface area contributed by atoms with Gasteiger partial charge in [0.1, 0.15) is 0 Å². The first-order valence-corrected chi connectivity index (χ1v) is 8.64. The third kappa shape index (κ3) is 11.1. The van der Waals surface area contributed by atoms with Gasteiger partial charge in [0.2, 0.25) is 0 Å². The molecule has 0 fully saturated rings. The van der Waals surface area contributed by atoms with E-state index in [1.165, 1.54) is 50.7 Å². The number of hydrogen-bond donors (Lipinski definition) is 1. The first-order valence-electron chi connectivity index (χ1n) is 7.59. The molecule has 0 aromatic carbocycles. The lowest BCUT2D eigenvalue weighted by Gasteiger charge is -2.19. The molecule has 0 aliphatic heterocycles. The van der Waals surface area contributed by atoms with Crippen molar-refractivity contribution in [1.29, 1.82) is 0 Å². The molecule has 0 aromatic rings. The van der Waals surface area contributed by atoms with Crippen LogP contribution in [0.15, 0.2) is 0 Å². The van der Waals surface area contributed by atoms with Gasteiger partial charge in [-0.15, -0.1) is 0 Å². The standard InChI is InChI=1S/C15H33NS/c1-5-8-9-10-11-12-15(16-7-3)13-17-14(4)6-2/h14-16H,5-13H2,1-4H3. The molecule has 0 amide bonds. The fourth-order valence-electron chi connectivity index (χ4n) is 1.93. The van der Waals surface area contributed by atoms with Crippen LogP contribution in [0.4, 0.5) is 0 Å². The average molecular weight is 260 g/mol. The molecule has 0 heterocycles. The molecular weight excluding hydrogens is 226 g/mol. The lowest BCUT2D eigenvalue weighted by atomic mass is 10.1. The molecule has 0 bridgehead atoms. The van der Waals surface area contributed by atoms with Crippen LogP contribution in [0.3, 0.4) is 0 Å². The van der Waals surface area contributed by atoms with E-state index < -0.39 is 0 Å². The molecular formula is C15H33NS. The molecule has 104 valence electrons. The molecule has 0 saturated heterocycles. The fourth-order valence-corrected chi connectivity index (χ4v) is 3.01. The van der Waals surface area contributed by atoms with Crippen LogP contribution in [0.1, 0.15) is 72.6 Å². The summed E-state index contributed by atoms with van der Waals surface area (Å²) < 4.78 is 0. The van der Waals surface area contributed by atoms with Crippen LogP contribution >= 0.6 is 11.8 Å². The number of thioether (sulfide) groups is 1. The van der Waals surface area contributed by atoms with Gasteiger partial charge >= 0.3 is 0 Å². The van der Waals surface area contributed by atoms with Crippen molar-refractivity contribution in [3.8, 4) is 0 Å². The van der Waals surface area contributed by atoms with Crippen molar-refractivity contribution < 1.29 is 0 Å². The Kier molecular flexibility index (Phi) is 13.0. The van der Waals surface area contributed by atoms with E-state index >= 15 is 0 Å². The second-order valence-corrected chi connectivity index (χ2v) is 6.48. The van der Waals surface area contributed by atoms with Crippen molar-refractivity contribution in [3.63, 3.8) is 0 Å². The molecule has 1 N–H and O–H groups in total. The predicted octanol–water partition coefficient (Wildman–Crippen LogP) is 4.86. The molecule has 0 saturated carbocycles. The number of rotatable bonds is 12. The predicted molar refractivity (Wildman–Crippen MR) is 83.1 cm³/mol.